The highest BCUT2D eigenvalue weighted by Gasteiger charge is 2.23. The molecular weight excluding hydrogens is 502 g/mol. The van der Waals surface area contributed by atoms with Crippen LogP contribution in [0.3, 0.4) is 0 Å². The average molecular weight is 538 g/mol. The molecule has 4 rings (SSSR count). The number of aryl methyl sites for hydroxylation is 1. The molecule has 0 atom stereocenters. The number of hydrogen-bond donors (Lipinski definition) is 0. The first kappa shape index (κ1) is 27.4. The molecular formula is C29H35N3O3S2. The zero-order valence-corrected chi connectivity index (χ0v) is 23.0. The fourth-order valence-electron chi connectivity index (χ4n) is 4.19. The van der Waals surface area contributed by atoms with Crippen LogP contribution in [0.2, 0.25) is 0 Å². The molecule has 37 heavy (non-hydrogen) atoms. The molecule has 1 aliphatic heterocycles. The lowest BCUT2D eigenvalue weighted by molar-refractivity contribution is -0.140. The van der Waals surface area contributed by atoms with E-state index in [0.717, 1.165) is 35.0 Å². The lowest BCUT2D eigenvalue weighted by Gasteiger charge is -2.31. The number of carbonyl (C=O) groups is 2. The SMILES string of the molecule is Cc1ccc(CN(Cc2ccccc2)C(=O)CN(CCN2CCOCC2)C(=O)CSc2ccccc2)s1. The number of thioether (sulfide) groups is 1. The molecule has 3 aromatic rings. The van der Waals surface area contributed by atoms with Gasteiger partial charge in [0.15, 0.2) is 0 Å². The van der Waals surface area contributed by atoms with Crippen LogP contribution in [0.25, 0.3) is 0 Å². The molecule has 0 saturated carbocycles. The van der Waals surface area contributed by atoms with Crippen LogP contribution in [0.5, 0.6) is 0 Å². The van der Waals surface area contributed by atoms with Crippen molar-refractivity contribution in [3.63, 3.8) is 0 Å². The largest absolute Gasteiger partial charge is 0.379 e. The quantitative estimate of drug-likeness (QED) is 0.318. The van der Waals surface area contributed by atoms with E-state index in [1.165, 1.54) is 16.6 Å². The Hall–Kier alpha value is -2.65. The number of thiophene rings is 1. The van der Waals surface area contributed by atoms with Crippen molar-refractivity contribution in [2.24, 2.45) is 0 Å². The number of benzene rings is 2. The third-order valence-corrected chi connectivity index (χ3v) is 8.27. The number of rotatable bonds is 12. The van der Waals surface area contributed by atoms with E-state index in [0.29, 0.717) is 38.6 Å². The standard InChI is InChI=1S/C29H35N3O3S2/c1-24-12-13-27(37-24)21-32(20-25-8-4-2-5-9-25)28(33)22-31(15-14-30-16-18-35-19-17-30)29(34)23-36-26-10-6-3-7-11-26/h2-13H,14-23H2,1H3. The second kappa shape index (κ2) is 14.3. The number of carbonyl (C=O) groups excluding carboxylic acids is 2. The van der Waals surface area contributed by atoms with E-state index < -0.39 is 0 Å². The highest BCUT2D eigenvalue weighted by Crippen LogP contribution is 2.20. The summed E-state index contributed by atoms with van der Waals surface area (Å²) in [6.07, 6.45) is 0. The average Bonchev–Trinajstić information content (AvgIpc) is 3.35. The predicted octanol–water partition coefficient (Wildman–Crippen LogP) is 4.54. The molecule has 8 heteroatoms. The lowest BCUT2D eigenvalue weighted by Crippen LogP contribution is -2.47. The zero-order valence-electron chi connectivity index (χ0n) is 21.4. The van der Waals surface area contributed by atoms with Crippen molar-refractivity contribution in [1.29, 1.82) is 0 Å². The molecule has 1 aromatic heterocycles. The van der Waals surface area contributed by atoms with Gasteiger partial charge in [0.05, 0.1) is 32.1 Å². The van der Waals surface area contributed by atoms with Gasteiger partial charge in [0.25, 0.3) is 0 Å². The maximum absolute atomic E-state index is 13.7. The summed E-state index contributed by atoms with van der Waals surface area (Å²) in [6.45, 7) is 7.60. The van der Waals surface area contributed by atoms with Gasteiger partial charge in [-0.3, -0.25) is 14.5 Å². The Balaban J connectivity index is 1.45. The monoisotopic (exact) mass is 537 g/mol. The van der Waals surface area contributed by atoms with Gasteiger partial charge < -0.3 is 14.5 Å². The van der Waals surface area contributed by atoms with Crippen molar-refractivity contribution in [3.05, 3.63) is 88.1 Å². The van der Waals surface area contributed by atoms with Gasteiger partial charge >= 0.3 is 0 Å². The highest BCUT2D eigenvalue weighted by molar-refractivity contribution is 8.00. The summed E-state index contributed by atoms with van der Waals surface area (Å²) in [4.78, 5) is 36.4. The van der Waals surface area contributed by atoms with Crippen molar-refractivity contribution >= 4 is 34.9 Å². The molecule has 0 unspecified atom stereocenters. The Morgan fingerprint density at radius 2 is 1.59 bits per heavy atom. The smallest absolute Gasteiger partial charge is 0.242 e. The first-order chi connectivity index (χ1) is 18.1. The third kappa shape index (κ3) is 9.00. The van der Waals surface area contributed by atoms with Gasteiger partial charge in [0, 0.05) is 47.4 Å². The Kier molecular flexibility index (Phi) is 10.6. The van der Waals surface area contributed by atoms with E-state index >= 15 is 0 Å². The molecule has 196 valence electrons. The number of ether oxygens (including phenoxy) is 1. The Morgan fingerprint density at radius 1 is 0.892 bits per heavy atom. The lowest BCUT2D eigenvalue weighted by atomic mass is 10.2. The van der Waals surface area contributed by atoms with Crippen LogP contribution in [0.1, 0.15) is 15.3 Å². The van der Waals surface area contributed by atoms with Crippen LogP contribution in [0, 0.1) is 6.92 Å². The van der Waals surface area contributed by atoms with Crippen LogP contribution in [0.15, 0.2) is 77.7 Å². The Morgan fingerprint density at radius 3 is 2.27 bits per heavy atom. The maximum Gasteiger partial charge on any atom is 0.242 e. The van der Waals surface area contributed by atoms with E-state index in [4.69, 9.17) is 4.74 Å². The zero-order chi connectivity index (χ0) is 25.9. The summed E-state index contributed by atoms with van der Waals surface area (Å²) >= 11 is 3.22. The van der Waals surface area contributed by atoms with Gasteiger partial charge in [-0.25, -0.2) is 0 Å². The number of nitrogens with zero attached hydrogens (tertiary/aromatic N) is 3. The van der Waals surface area contributed by atoms with Crippen molar-refractivity contribution in [2.75, 3.05) is 51.7 Å². The van der Waals surface area contributed by atoms with E-state index in [9.17, 15) is 9.59 Å². The van der Waals surface area contributed by atoms with Gasteiger partial charge in [-0.2, -0.15) is 0 Å². The molecule has 0 radical (unpaired) electrons. The summed E-state index contributed by atoms with van der Waals surface area (Å²) < 4.78 is 5.47. The normalized spacial score (nSPS) is 13.9. The van der Waals surface area contributed by atoms with E-state index in [2.05, 4.69) is 24.0 Å². The van der Waals surface area contributed by atoms with Crippen LogP contribution >= 0.6 is 23.1 Å². The molecule has 1 aliphatic rings. The number of hydrogen-bond acceptors (Lipinski definition) is 6. The fraction of sp³-hybridized carbons (Fsp3) is 0.379. The van der Waals surface area contributed by atoms with Gasteiger partial charge in [-0.1, -0.05) is 48.5 Å². The Labute approximate surface area is 228 Å². The minimum atomic E-state index is -0.0325. The van der Waals surface area contributed by atoms with Gasteiger partial charge in [-0.15, -0.1) is 23.1 Å². The minimum absolute atomic E-state index is 0.0120. The molecule has 0 bridgehead atoms. The second-order valence-corrected chi connectivity index (χ2v) is 11.5. The molecule has 0 spiro atoms. The van der Waals surface area contributed by atoms with Gasteiger partial charge in [0.2, 0.25) is 11.8 Å². The molecule has 2 aromatic carbocycles. The summed E-state index contributed by atoms with van der Waals surface area (Å²) in [5.74, 6) is 0.264. The summed E-state index contributed by atoms with van der Waals surface area (Å²) in [5, 5.41) is 0. The third-order valence-electron chi connectivity index (χ3n) is 6.29. The molecule has 0 aliphatic carbocycles. The second-order valence-electron chi connectivity index (χ2n) is 9.12. The van der Waals surface area contributed by atoms with Crippen molar-refractivity contribution in [3.8, 4) is 0 Å². The van der Waals surface area contributed by atoms with E-state index in [1.54, 1.807) is 16.2 Å². The first-order valence-corrected chi connectivity index (χ1v) is 14.5. The predicted molar refractivity (Wildman–Crippen MR) is 151 cm³/mol. The number of amides is 2. The topological polar surface area (TPSA) is 53.1 Å². The molecule has 1 fully saturated rings. The molecule has 2 heterocycles. The van der Waals surface area contributed by atoms with Crippen LogP contribution in [-0.4, -0.2) is 78.2 Å². The summed E-state index contributed by atoms with van der Waals surface area (Å²) in [7, 11) is 0. The van der Waals surface area contributed by atoms with Gasteiger partial charge in [0.1, 0.15) is 0 Å². The van der Waals surface area contributed by atoms with Crippen LogP contribution in [-0.2, 0) is 27.4 Å². The van der Waals surface area contributed by atoms with Crippen molar-refractivity contribution in [2.45, 2.75) is 24.9 Å². The minimum Gasteiger partial charge on any atom is -0.379 e. The Bertz CT molecular complexity index is 1120. The van der Waals surface area contributed by atoms with E-state index in [-0.39, 0.29) is 18.4 Å². The number of morpholine rings is 1. The van der Waals surface area contributed by atoms with Crippen molar-refractivity contribution in [1.82, 2.24) is 14.7 Å². The first-order valence-electron chi connectivity index (χ1n) is 12.7. The maximum atomic E-state index is 13.7. The van der Waals surface area contributed by atoms with E-state index in [1.807, 2.05) is 65.6 Å². The van der Waals surface area contributed by atoms with Crippen LogP contribution < -0.4 is 0 Å². The molecule has 1 saturated heterocycles. The summed E-state index contributed by atoms with van der Waals surface area (Å²) in [5.41, 5.74) is 1.08. The fourth-order valence-corrected chi connectivity index (χ4v) is 5.92. The highest BCUT2D eigenvalue weighted by atomic mass is 32.2. The molecule has 0 N–H and O–H groups in total. The van der Waals surface area contributed by atoms with Gasteiger partial charge in [-0.05, 0) is 36.8 Å². The molecule has 6 nitrogen and oxygen atoms in total. The van der Waals surface area contributed by atoms with Crippen LogP contribution in [0.4, 0.5) is 0 Å². The molecule has 2 amide bonds. The summed E-state index contributed by atoms with van der Waals surface area (Å²) in [6, 6.07) is 24.1. The van der Waals surface area contributed by atoms with Crippen molar-refractivity contribution < 1.29 is 14.3 Å².